The monoisotopic (exact) mass is 290 g/mol. The van der Waals surface area contributed by atoms with Crippen molar-refractivity contribution >= 4 is 0 Å². The molecule has 1 fully saturated rings. The van der Waals surface area contributed by atoms with Crippen LogP contribution in [0.2, 0.25) is 0 Å². The molecule has 1 N–H and O–H groups in total. The van der Waals surface area contributed by atoms with E-state index in [4.69, 9.17) is 4.74 Å². The summed E-state index contributed by atoms with van der Waals surface area (Å²) in [4.78, 5) is 2.31. The zero-order chi connectivity index (χ0) is 11.2. The average molecular weight is 290 g/mol. The molecule has 0 aromatic heterocycles. The molecule has 0 aromatic carbocycles. The molecule has 0 atom stereocenters. The van der Waals surface area contributed by atoms with Crippen LogP contribution in [0.25, 0.3) is 0 Å². The van der Waals surface area contributed by atoms with Crippen LogP contribution in [0, 0.1) is 0 Å². The molecule has 1 rings (SSSR count). The topological polar surface area (TPSA) is 32.7 Å². The van der Waals surface area contributed by atoms with E-state index in [-0.39, 0.29) is 43.8 Å². The third-order valence-electron chi connectivity index (χ3n) is 3.61. The van der Waals surface area contributed by atoms with E-state index in [1.165, 1.54) is 0 Å². The summed E-state index contributed by atoms with van der Waals surface area (Å²) >= 11 is 0. The minimum atomic E-state index is -0.973. The van der Waals surface area contributed by atoms with Gasteiger partial charge in [0.05, 0.1) is 0 Å². The van der Waals surface area contributed by atoms with E-state index in [0.29, 0.717) is 12.8 Å². The van der Waals surface area contributed by atoms with E-state index >= 15 is 0 Å². The maximum atomic E-state index is 10.2. The van der Waals surface area contributed by atoms with Crippen LogP contribution in [-0.2, 0) is 37.4 Å². The van der Waals surface area contributed by atoms with E-state index in [2.05, 4.69) is 39.6 Å². The molecule has 15 heavy (non-hydrogen) atoms. The van der Waals surface area contributed by atoms with Gasteiger partial charge >= 0.3 is 0 Å². The molecule has 1 heterocycles. The second-order valence-corrected chi connectivity index (χ2v) is 5.69. The number of piperidine rings is 1. The molecule has 87 valence electrons. The Labute approximate surface area is 118 Å². The van der Waals surface area contributed by atoms with Gasteiger partial charge in [-0.1, -0.05) is 0 Å². The summed E-state index contributed by atoms with van der Waals surface area (Å²) in [6.45, 7) is 8.55. The zero-order valence-corrected chi connectivity index (χ0v) is 13.6. The van der Waals surface area contributed by atoms with Crippen molar-refractivity contribution in [2.45, 2.75) is 57.4 Å². The van der Waals surface area contributed by atoms with Gasteiger partial charge in [0.15, 0.2) is 5.79 Å². The average Bonchev–Trinajstić information content (AvgIpc) is 1.99. The number of nitrogens with zero attached hydrogens (tertiary/aromatic N) is 1. The molecule has 4 heteroatoms. The summed E-state index contributed by atoms with van der Waals surface area (Å²) in [7, 11) is 3.69. The first-order valence-corrected chi connectivity index (χ1v) is 5.14. The van der Waals surface area contributed by atoms with Crippen LogP contribution in [0.4, 0.5) is 0 Å². The Kier molecular flexibility index (Phi) is 5.00. The minimum absolute atomic E-state index is 0. The van der Waals surface area contributed by atoms with Crippen LogP contribution in [0.15, 0.2) is 0 Å². The smallest absolute Gasteiger partial charge is 0.168 e. The Morgan fingerprint density at radius 3 is 1.67 bits per heavy atom. The summed E-state index contributed by atoms with van der Waals surface area (Å²) in [5.41, 5.74) is -0.0704. The summed E-state index contributed by atoms with van der Waals surface area (Å²) in [5.74, 6) is -0.973. The molecular weight excluding hydrogens is 267 g/mol. The Morgan fingerprint density at radius 2 is 1.40 bits per heavy atom. The number of rotatable bonds is 1. The van der Waals surface area contributed by atoms with Crippen molar-refractivity contribution in [1.82, 2.24) is 4.90 Å². The van der Waals surface area contributed by atoms with Crippen LogP contribution in [0.3, 0.4) is 0 Å². The van der Waals surface area contributed by atoms with E-state index in [1.54, 1.807) is 7.11 Å². The van der Waals surface area contributed by atoms with Gasteiger partial charge in [-0.25, -0.2) is 0 Å². The van der Waals surface area contributed by atoms with Crippen molar-refractivity contribution in [3.63, 3.8) is 0 Å². The standard InChI is InChI=1S/C11H23NO2.Y/c1-9(2)7-11(13,14-6)8-10(3,4)12(9)5;/h13H,7-8H2,1-6H3;. The molecule has 0 amide bonds. The van der Waals surface area contributed by atoms with Gasteiger partial charge in [0.2, 0.25) is 0 Å². The Balaban J connectivity index is 0.00000196. The van der Waals surface area contributed by atoms with E-state index in [9.17, 15) is 5.11 Å². The van der Waals surface area contributed by atoms with E-state index < -0.39 is 5.79 Å². The van der Waals surface area contributed by atoms with Crippen molar-refractivity contribution < 1.29 is 42.6 Å². The predicted octanol–water partition coefficient (Wildman–Crippen LogP) is 1.60. The second kappa shape index (κ2) is 4.69. The van der Waals surface area contributed by atoms with Gasteiger partial charge in [-0.15, -0.1) is 0 Å². The number of hydrogen-bond donors (Lipinski definition) is 1. The first kappa shape index (κ1) is 16.0. The molecule has 0 bridgehead atoms. The molecule has 1 saturated heterocycles. The zero-order valence-electron chi connectivity index (χ0n) is 10.8. The Hall–Kier alpha value is 0.984. The molecular formula is C11H23NO2Y. The fourth-order valence-electron chi connectivity index (χ4n) is 2.62. The number of hydrogen-bond acceptors (Lipinski definition) is 3. The van der Waals surface area contributed by atoms with E-state index in [0.717, 1.165) is 0 Å². The summed E-state index contributed by atoms with van der Waals surface area (Å²) in [6, 6.07) is 0. The van der Waals surface area contributed by atoms with Gasteiger partial charge in [0, 0.05) is 63.7 Å². The second-order valence-electron chi connectivity index (χ2n) is 5.69. The van der Waals surface area contributed by atoms with Crippen molar-refractivity contribution in [3.05, 3.63) is 0 Å². The first-order chi connectivity index (χ1) is 6.13. The number of ether oxygens (including phenoxy) is 1. The first-order valence-electron chi connectivity index (χ1n) is 5.14. The normalized spacial score (nSPS) is 28.2. The van der Waals surface area contributed by atoms with Gasteiger partial charge in [0.25, 0.3) is 0 Å². The van der Waals surface area contributed by atoms with Crippen LogP contribution in [-0.4, -0.2) is 41.0 Å². The molecule has 0 spiro atoms. The largest absolute Gasteiger partial charge is 0.365 e. The van der Waals surface area contributed by atoms with Gasteiger partial charge in [-0.3, -0.25) is 4.90 Å². The van der Waals surface area contributed by atoms with Crippen molar-refractivity contribution in [2.75, 3.05) is 14.2 Å². The number of aliphatic hydroxyl groups is 1. The molecule has 1 radical (unpaired) electrons. The molecule has 1 aliphatic heterocycles. The number of likely N-dealkylation sites (tertiary alicyclic amines) is 1. The van der Waals surface area contributed by atoms with Crippen LogP contribution >= 0.6 is 0 Å². The summed E-state index contributed by atoms with van der Waals surface area (Å²) in [5, 5.41) is 10.2. The maximum Gasteiger partial charge on any atom is 0.168 e. The summed E-state index contributed by atoms with van der Waals surface area (Å²) < 4.78 is 5.23. The quantitative estimate of drug-likeness (QED) is 0.745. The fourth-order valence-corrected chi connectivity index (χ4v) is 2.62. The molecule has 0 aromatic rings. The Morgan fingerprint density at radius 1 is 1.07 bits per heavy atom. The van der Waals surface area contributed by atoms with Crippen LogP contribution in [0.1, 0.15) is 40.5 Å². The van der Waals surface area contributed by atoms with Gasteiger partial charge < -0.3 is 9.84 Å². The van der Waals surface area contributed by atoms with Crippen LogP contribution in [0.5, 0.6) is 0 Å². The van der Waals surface area contributed by atoms with Crippen molar-refractivity contribution in [2.24, 2.45) is 0 Å². The molecule has 1 aliphatic rings. The van der Waals surface area contributed by atoms with Gasteiger partial charge in [-0.05, 0) is 34.7 Å². The molecule has 0 saturated carbocycles. The molecule has 0 unspecified atom stereocenters. The fraction of sp³-hybridized carbons (Fsp3) is 1.00. The third-order valence-corrected chi connectivity index (χ3v) is 3.61. The van der Waals surface area contributed by atoms with Crippen LogP contribution < -0.4 is 0 Å². The third kappa shape index (κ3) is 3.23. The number of methoxy groups -OCH3 is 1. The SMILES string of the molecule is COC1(O)CC(C)(C)N(C)C(C)(C)C1.[Y]. The summed E-state index contributed by atoms with van der Waals surface area (Å²) in [6.07, 6.45) is 1.30. The van der Waals surface area contributed by atoms with Crippen molar-refractivity contribution in [1.29, 1.82) is 0 Å². The van der Waals surface area contributed by atoms with Crippen molar-refractivity contribution in [3.8, 4) is 0 Å². The van der Waals surface area contributed by atoms with Gasteiger partial charge in [-0.2, -0.15) is 0 Å². The maximum absolute atomic E-state index is 10.2. The molecule has 3 nitrogen and oxygen atoms in total. The Bertz CT molecular complexity index is 205. The van der Waals surface area contributed by atoms with Gasteiger partial charge in [0.1, 0.15) is 0 Å². The van der Waals surface area contributed by atoms with E-state index in [1.807, 2.05) is 0 Å². The minimum Gasteiger partial charge on any atom is -0.365 e. The molecule has 0 aliphatic carbocycles. The predicted molar refractivity (Wildman–Crippen MR) is 57.1 cm³/mol.